The van der Waals surface area contributed by atoms with Crippen molar-refractivity contribution in [2.75, 3.05) is 46.0 Å². The average molecular weight is 1120 g/mol. The van der Waals surface area contributed by atoms with Gasteiger partial charge in [-0.3, -0.25) is 43.2 Å². The zero-order valence-corrected chi connectivity index (χ0v) is 45.0. The first-order chi connectivity index (χ1) is 38.1. The fraction of sp³-hybridized carbons (Fsp3) is 0.585. The van der Waals surface area contributed by atoms with E-state index in [1.807, 2.05) is 0 Å². The van der Waals surface area contributed by atoms with E-state index in [0.29, 0.717) is 49.8 Å². The predicted octanol–water partition coefficient (Wildman–Crippen LogP) is -4.06. The van der Waals surface area contributed by atoms with E-state index in [0.717, 1.165) is 9.80 Å². The van der Waals surface area contributed by atoms with Crippen molar-refractivity contribution in [2.24, 2.45) is 17.4 Å². The van der Waals surface area contributed by atoms with E-state index in [2.05, 4.69) is 31.9 Å². The molecule has 10 atom stereocenters. The lowest BCUT2D eigenvalue weighted by atomic mass is 9.99. The maximum atomic E-state index is 14.4. The summed E-state index contributed by atoms with van der Waals surface area (Å²) in [5.74, 6) is -9.39. The molecule has 2 aromatic carbocycles. The van der Waals surface area contributed by atoms with Crippen molar-refractivity contribution in [1.82, 2.24) is 46.6 Å². The Balaban J connectivity index is 1.29. The summed E-state index contributed by atoms with van der Waals surface area (Å²) in [6, 6.07) is -1.86. The van der Waals surface area contributed by atoms with Crippen LogP contribution >= 0.6 is 0 Å². The van der Waals surface area contributed by atoms with Gasteiger partial charge < -0.3 is 88.7 Å². The molecule has 3 saturated heterocycles. The topological polar surface area (TPSA) is 426 Å². The zero-order chi connectivity index (χ0) is 58.8. The number of carboxylic acids is 1. The highest BCUT2D eigenvalue weighted by atomic mass is 16.4. The van der Waals surface area contributed by atoms with Crippen LogP contribution in [0.15, 0.2) is 48.5 Å². The van der Waals surface area contributed by atoms with Gasteiger partial charge in [-0.1, -0.05) is 38.1 Å². The molecule has 3 aliphatic rings. The molecule has 0 radical (unpaired) electrons. The van der Waals surface area contributed by atoms with Gasteiger partial charge in [0.1, 0.15) is 71.9 Å². The summed E-state index contributed by atoms with van der Waals surface area (Å²) in [6.45, 7) is 1.29. The maximum Gasteiger partial charge on any atom is 0.326 e. The third-order valence-electron chi connectivity index (χ3n) is 14.5. The number of benzene rings is 2. The summed E-state index contributed by atoms with van der Waals surface area (Å²) in [4.78, 5) is 140. The van der Waals surface area contributed by atoms with E-state index in [1.54, 1.807) is 13.8 Å². The van der Waals surface area contributed by atoms with Crippen LogP contribution in [0, 0.1) is 5.92 Å². The summed E-state index contributed by atoms with van der Waals surface area (Å²) >= 11 is 0. The van der Waals surface area contributed by atoms with Gasteiger partial charge in [0.2, 0.25) is 53.2 Å². The van der Waals surface area contributed by atoms with Gasteiger partial charge in [-0.25, -0.2) is 4.79 Å². The number of unbranched alkanes of at least 4 members (excludes halogenated alkanes) is 1. The molecular weight excluding hydrogens is 1050 g/mol. The normalized spacial score (nSPS) is 19.6. The molecule has 3 aliphatic heterocycles. The van der Waals surface area contributed by atoms with Crippen molar-refractivity contribution in [2.45, 2.75) is 145 Å². The Morgan fingerprint density at radius 2 is 0.912 bits per heavy atom. The molecule has 440 valence electrons. The van der Waals surface area contributed by atoms with Gasteiger partial charge in [0.25, 0.3) is 0 Å². The molecule has 16 N–H and O–H groups in total. The maximum absolute atomic E-state index is 14.4. The van der Waals surface area contributed by atoms with Crippen LogP contribution in [0.1, 0.15) is 82.8 Å². The fourth-order valence-electron chi connectivity index (χ4n) is 10.0. The highest BCUT2D eigenvalue weighted by Crippen LogP contribution is 2.24. The number of aliphatic hydroxyl groups is 3. The Kier molecular flexibility index (Phi) is 23.9. The van der Waals surface area contributed by atoms with Crippen LogP contribution in [-0.4, -0.2) is 211 Å². The molecule has 0 saturated carbocycles. The largest absolute Gasteiger partial charge is 0.508 e. The number of carbonyl (C=O) groups is 10. The number of nitrogens with zero attached hydrogens (tertiary/aromatic N) is 3. The molecule has 9 amide bonds. The third kappa shape index (κ3) is 17.0. The minimum Gasteiger partial charge on any atom is -0.508 e. The average Bonchev–Trinajstić information content (AvgIpc) is 4.27. The molecule has 0 aromatic heterocycles. The number of phenols is 2. The van der Waals surface area contributed by atoms with Crippen LogP contribution in [0.5, 0.6) is 11.5 Å². The van der Waals surface area contributed by atoms with Crippen LogP contribution in [0.2, 0.25) is 0 Å². The summed E-state index contributed by atoms with van der Waals surface area (Å²) in [5, 5.41) is 75.3. The Hall–Kier alpha value is -7.46. The van der Waals surface area contributed by atoms with E-state index in [9.17, 15) is 78.6 Å². The number of aromatic hydroxyl groups is 2. The Labute approximate surface area is 462 Å². The van der Waals surface area contributed by atoms with Crippen molar-refractivity contribution in [3.05, 3.63) is 59.7 Å². The van der Waals surface area contributed by atoms with E-state index in [1.165, 1.54) is 53.4 Å². The number of carboxylic acid groups (broad SMARTS) is 1. The highest BCUT2D eigenvalue weighted by molar-refractivity contribution is 5.99. The van der Waals surface area contributed by atoms with E-state index in [-0.39, 0.29) is 69.7 Å². The molecule has 0 unspecified atom stereocenters. The molecule has 0 spiro atoms. The number of hydrogen-bond acceptors (Lipinski definition) is 17. The number of aliphatic carboxylic acids is 1. The smallest absolute Gasteiger partial charge is 0.326 e. The standard InChI is InChI=1S/C53H77N11O16/c1-29(2)43(49(75)58-36(24-30-12-16-32(68)17-13-30)44(70)56-35(53(79)80)8-3-4-20-54)61-45(71)37(25-31-14-18-33(69)19-15-31)57-46(72)41-10-6-22-63(41)51(77)39(28-67)60-48(74)42-11-7-23-64(42)52(78)38(27-66)59-47(73)40-9-5-21-62(40)50(76)34(55)26-65/h12-19,29,34-43,65-69H,3-11,20-28,54-55H2,1-2H3,(H,56,70)(H,57,72)(H,58,75)(H,59,73)(H,60,74)(H,61,71)(H,79,80)/t34-,35-,36-,37-,38-,39-,40-,41-,42-,43-/m0/s1. The first kappa shape index (κ1) is 63.4. The van der Waals surface area contributed by atoms with Gasteiger partial charge >= 0.3 is 5.97 Å². The SMILES string of the molecule is CC(C)[C@H](NC(=O)[C@H](Cc1ccc(O)cc1)NC(=O)[C@@H]1CCCN1C(=O)[C@H](CO)NC(=O)[C@@H]1CCCN1C(=O)[C@H](CO)NC(=O)[C@@H]1CCCN1C(=O)[C@@H](N)CO)C(=O)N[C@@H](Cc1ccc(O)cc1)C(=O)N[C@@H](CCCCN)C(=O)O. The lowest BCUT2D eigenvalue weighted by molar-refractivity contribution is -0.146. The molecule has 5 rings (SSSR count). The molecule has 3 fully saturated rings. The Morgan fingerprint density at radius 1 is 0.525 bits per heavy atom. The van der Waals surface area contributed by atoms with Crippen LogP contribution in [0.3, 0.4) is 0 Å². The van der Waals surface area contributed by atoms with E-state index in [4.69, 9.17) is 11.5 Å². The summed E-state index contributed by atoms with van der Waals surface area (Å²) in [5.41, 5.74) is 12.2. The van der Waals surface area contributed by atoms with Gasteiger partial charge in [0.15, 0.2) is 0 Å². The van der Waals surface area contributed by atoms with Crippen LogP contribution < -0.4 is 43.4 Å². The molecule has 2 aromatic rings. The Morgan fingerprint density at radius 3 is 1.30 bits per heavy atom. The predicted molar refractivity (Wildman–Crippen MR) is 284 cm³/mol. The number of nitrogens with two attached hydrogens (primary N) is 2. The van der Waals surface area contributed by atoms with Gasteiger partial charge in [0, 0.05) is 32.5 Å². The molecule has 0 bridgehead atoms. The molecule has 27 heteroatoms. The molecule has 80 heavy (non-hydrogen) atoms. The third-order valence-corrected chi connectivity index (χ3v) is 14.5. The summed E-state index contributed by atoms with van der Waals surface area (Å²) in [6.07, 6.45) is 2.09. The Bertz CT molecular complexity index is 2500. The van der Waals surface area contributed by atoms with Crippen molar-refractivity contribution < 1.29 is 78.6 Å². The number of rotatable bonds is 28. The summed E-state index contributed by atoms with van der Waals surface area (Å²) in [7, 11) is 0. The number of nitrogens with one attached hydrogen (secondary N) is 6. The van der Waals surface area contributed by atoms with Crippen LogP contribution in [0.25, 0.3) is 0 Å². The van der Waals surface area contributed by atoms with Crippen molar-refractivity contribution in [3.8, 4) is 11.5 Å². The number of carbonyl (C=O) groups excluding carboxylic acids is 9. The lowest BCUT2D eigenvalue weighted by Gasteiger charge is -2.32. The fourth-order valence-corrected chi connectivity index (χ4v) is 10.0. The summed E-state index contributed by atoms with van der Waals surface area (Å²) < 4.78 is 0. The number of hydrogen-bond donors (Lipinski definition) is 14. The monoisotopic (exact) mass is 1120 g/mol. The van der Waals surface area contributed by atoms with Gasteiger partial charge in [-0.2, -0.15) is 0 Å². The van der Waals surface area contributed by atoms with Crippen LogP contribution in [0.4, 0.5) is 0 Å². The number of phenolic OH excluding ortho intramolecular Hbond substituents is 2. The first-order valence-corrected chi connectivity index (χ1v) is 26.9. The minimum absolute atomic E-state index is 0.00458. The molecule has 3 heterocycles. The second-order valence-corrected chi connectivity index (χ2v) is 20.6. The van der Waals surface area contributed by atoms with Crippen molar-refractivity contribution in [3.63, 3.8) is 0 Å². The highest BCUT2D eigenvalue weighted by Gasteiger charge is 2.44. The van der Waals surface area contributed by atoms with Crippen molar-refractivity contribution >= 4 is 59.1 Å². The van der Waals surface area contributed by atoms with Gasteiger partial charge in [0.05, 0.1) is 19.8 Å². The lowest BCUT2D eigenvalue weighted by Crippen LogP contribution is -2.61. The number of aliphatic hydroxyl groups excluding tert-OH is 3. The second-order valence-electron chi connectivity index (χ2n) is 20.6. The second kappa shape index (κ2) is 30.2. The van der Waals surface area contributed by atoms with Gasteiger partial charge in [-0.05, 0) is 106 Å². The number of likely N-dealkylation sites (tertiary alicyclic amines) is 3. The van der Waals surface area contributed by atoms with E-state index >= 15 is 0 Å². The quantitative estimate of drug-likeness (QED) is 0.0361. The van der Waals surface area contributed by atoms with Crippen LogP contribution in [-0.2, 0) is 60.8 Å². The van der Waals surface area contributed by atoms with Crippen molar-refractivity contribution in [1.29, 1.82) is 0 Å². The first-order valence-electron chi connectivity index (χ1n) is 26.9. The minimum atomic E-state index is -1.62. The van der Waals surface area contributed by atoms with Gasteiger partial charge in [-0.15, -0.1) is 0 Å². The number of amides is 9. The zero-order valence-electron chi connectivity index (χ0n) is 45.0. The molecule has 0 aliphatic carbocycles. The van der Waals surface area contributed by atoms with E-state index < -0.39 is 145 Å². The molecular formula is C53H77N11O16. The molecule has 27 nitrogen and oxygen atoms in total.